The van der Waals surface area contributed by atoms with Gasteiger partial charge in [0.2, 0.25) is 5.91 Å². The molecule has 1 fully saturated rings. The van der Waals surface area contributed by atoms with Crippen LogP contribution in [0, 0.1) is 0 Å². The summed E-state index contributed by atoms with van der Waals surface area (Å²) in [5.41, 5.74) is 4.72. The average molecular weight is 230 g/mol. The zero-order valence-corrected chi connectivity index (χ0v) is 10.0. The molecule has 4 N–H and O–H groups in total. The molecule has 1 saturated heterocycles. The molecule has 1 aliphatic heterocycles. The van der Waals surface area contributed by atoms with E-state index in [-0.39, 0.29) is 18.6 Å². The van der Waals surface area contributed by atoms with Gasteiger partial charge in [-0.2, -0.15) is 0 Å². The summed E-state index contributed by atoms with van der Waals surface area (Å²) in [6.45, 7) is 4.54. The fourth-order valence-corrected chi connectivity index (χ4v) is 1.82. The molecule has 0 aromatic carbocycles. The SMILES string of the molecule is CCCC(N)C(=O)NCC1(O)CCOC1C. The van der Waals surface area contributed by atoms with Crippen LogP contribution in [-0.4, -0.2) is 41.9 Å². The minimum absolute atomic E-state index is 0.200. The quantitative estimate of drug-likeness (QED) is 0.609. The van der Waals surface area contributed by atoms with Crippen molar-refractivity contribution >= 4 is 5.91 Å². The van der Waals surface area contributed by atoms with E-state index >= 15 is 0 Å². The normalized spacial score (nSPS) is 31.4. The van der Waals surface area contributed by atoms with Crippen molar-refractivity contribution in [3.8, 4) is 0 Å². The molecule has 0 saturated carbocycles. The van der Waals surface area contributed by atoms with Gasteiger partial charge >= 0.3 is 0 Å². The van der Waals surface area contributed by atoms with Crippen LogP contribution in [0.25, 0.3) is 0 Å². The molecule has 1 amide bonds. The predicted molar refractivity (Wildman–Crippen MR) is 60.9 cm³/mol. The number of nitrogens with one attached hydrogen (secondary N) is 1. The molecule has 3 unspecified atom stereocenters. The number of carbonyl (C=O) groups is 1. The van der Waals surface area contributed by atoms with Gasteiger partial charge in [-0.25, -0.2) is 0 Å². The van der Waals surface area contributed by atoms with E-state index in [1.165, 1.54) is 0 Å². The molecule has 0 bridgehead atoms. The van der Waals surface area contributed by atoms with Gasteiger partial charge in [-0.15, -0.1) is 0 Å². The zero-order chi connectivity index (χ0) is 12.2. The molecule has 0 aromatic rings. The van der Waals surface area contributed by atoms with Crippen molar-refractivity contribution in [2.24, 2.45) is 5.73 Å². The third-order valence-corrected chi connectivity index (χ3v) is 3.16. The number of carbonyl (C=O) groups excluding carboxylic acids is 1. The van der Waals surface area contributed by atoms with Crippen molar-refractivity contribution in [1.82, 2.24) is 5.32 Å². The monoisotopic (exact) mass is 230 g/mol. The second-order valence-corrected chi connectivity index (χ2v) is 4.48. The van der Waals surface area contributed by atoms with Crippen LogP contribution in [0.5, 0.6) is 0 Å². The lowest BCUT2D eigenvalue weighted by atomic mass is 9.96. The van der Waals surface area contributed by atoms with Crippen molar-refractivity contribution in [3.05, 3.63) is 0 Å². The topological polar surface area (TPSA) is 84.6 Å². The molecule has 16 heavy (non-hydrogen) atoms. The van der Waals surface area contributed by atoms with Crippen molar-refractivity contribution in [3.63, 3.8) is 0 Å². The molecular weight excluding hydrogens is 208 g/mol. The largest absolute Gasteiger partial charge is 0.385 e. The Balaban J connectivity index is 2.36. The second-order valence-electron chi connectivity index (χ2n) is 4.48. The van der Waals surface area contributed by atoms with Crippen LogP contribution in [0.2, 0.25) is 0 Å². The summed E-state index contributed by atoms with van der Waals surface area (Å²) in [6.07, 6.45) is 1.85. The van der Waals surface area contributed by atoms with E-state index < -0.39 is 11.6 Å². The molecule has 1 aliphatic rings. The first-order chi connectivity index (χ1) is 7.49. The molecule has 0 aromatic heterocycles. The number of amides is 1. The van der Waals surface area contributed by atoms with Gasteiger partial charge in [-0.3, -0.25) is 4.79 Å². The minimum atomic E-state index is -0.943. The zero-order valence-electron chi connectivity index (χ0n) is 10.0. The van der Waals surface area contributed by atoms with Gasteiger partial charge in [0.15, 0.2) is 0 Å². The summed E-state index contributed by atoms with van der Waals surface area (Å²) >= 11 is 0. The Labute approximate surface area is 96.3 Å². The summed E-state index contributed by atoms with van der Waals surface area (Å²) in [4.78, 5) is 11.6. The number of hydrogen-bond acceptors (Lipinski definition) is 4. The molecular formula is C11H22N2O3. The summed E-state index contributed by atoms with van der Waals surface area (Å²) in [5, 5.41) is 12.8. The summed E-state index contributed by atoms with van der Waals surface area (Å²) in [5.74, 6) is -0.200. The third-order valence-electron chi connectivity index (χ3n) is 3.16. The Kier molecular flexibility index (Phi) is 4.70. The molecule has 94 valence electrons. The maximum absolute atomic E-state index is 11.6. The Morgan fingerprint density at radius 2 is 2.44 bits per heavy atom. The fourth-order valence-electron chi connectivity index (χ4n) is 1.82. The fraction of sp³-hybridized carbons (Fsp3) is 0.909. The molecule has 5 nitrogen and oxygen atoms in total. The standard InChI is InChI=1S/C11H22N2O3/c1-3-4-9(12)10(14)13-7-11(15)5-6-16-8(11)2/h8-9,15H,3-7,12H2,1-2H3,(H,13,14). The average Bonchev–Trinajstić information content (AvgIpc) is 2.57. The van der Waals surface area contributed by atoms with Crippen LogP contribution in [0.4, 0.5) is 0 Å². The van der Waals surface area contributed by atoms with Crippen LogP contribution in [0.1, 0.15) is 33.1 Å². The molecule has 0 radical (unpaired) electrons. The second kappa shape index (κ2) is 5.61. The highest BCUT2D eigenvalue weighted by atomic mass is 16.5. The maximum Gasteiger partial charge on any atom is 0.237 e. The number of rotatable bonds is 5. The van der Waals surface area contributed by atoms with Crippen molar-refractivity contribution in [1.29, 1.82) is 0 Å². The summed E-state index contributed by atoms with van der Waals surface area (Å²) in [7, 11) is 0. The smallest absolute Gasteiger partial charge is 0.237 e. The van der Waals surface area contributed by atoms with E-state index in [1.54, 1.807) is 0 Å². The van der Waals surface area contributed by atoms with Gasteiger partial charge in [0.05, 0.1) is 12.1 Å². The predicted octanol–water partition coefficient (Wildman–Crippen LogP) is -0.230. The van der Waals surface area contributed by atoms with E-state index in [0.717, 1.165) is 6.42 Å². The number of nitrogens with two attached hydrogens (primary N) is 1. The molecule has 1 rings (SSSR count). The highest BCUT2D eigenvalue weighted by molar-refractivity contribution is 5.81. The lowest BCUT2D eigenvalue weighted by Gasteiger charge is -2.26. The van der Waals surface area contributed by atoms with E-state index in [4.69, 9.17) is 10.5 Å². The van der Waals surface area contributed by atoms with E-state index in [0.29, 0.717) is 19.4 Å². The summed E-state index contributed by atoms with van der Waals surface area (Å²) < 4.78 is 5.28. The Morgan fingerprint density at radius 1 is 1.75 bits per heavy atom. The van der Waals surface area contributed by atoms with Crippen molar-refractivity contribution < 1.29 is 14.6 Å². The minimum Gasteiger partial charge on any atom is -0.385 e. The number of hydrogen-bond donors (Lipinski definition) is 3. The Hall–Kier alpha value is -0.650. The number of aliphatic hydroxyl groups is 1. The molecule has 5 heteroatoms. The first kappa shape index (κ1) is 13.4. The van der Waals surface area contributed by atoms with Crippen molar-refractivity contribution in [2.75, 3.05) is 13.2 Å². The van der Waals surface area contributed by atoms with Crippen LogP contribution >= 0.6 is 0 Å². The van der Waals surface area contributed by atoms with Gasteiger partial charge < -0.3 is 20.9 Å². The van der Waals surface area contributed by atoms with Gasteiger partial charge in [0.25, 0.3) is 0 Å². The molecule has 3 atom stereocenters. The van der Waals surface area contributed by atoms with Gasteiger partial charge in [0, 0.05) is 19.6 Å². The van der Waals surface area contributed by atoms with Crippen LogP contribution in [-0.2, 0) is 9.53 Å². The Bertz CT molecular complexity index is 247. The van der Waals surface area contributed by atoms with E-state index in [9.17, 15) is 9.90 Å². The molecule has 0 spiro atoms. The third kappa shape index (κ3) is 3.17. The van der Waals surface area contributed by atoms with Crippen molar-refractivity contribution in [2.45, 2.75) is 50.9 Å². The van der Waals surface area contributed by atoms with Gasteiger partial charge in [0.1, 0.15) is 5.60 Å². The maximum atomic E-state index is 11.6. The molecule has 0 aliphatic carbocycles. The summed E-state index contributed by atoms with van der Waals surface area (Å²) in [6, 6.07) is -0.480. The van der Waals surface area contributed by atoms with Crippen LogP contribution in [0.3, 0.4) is 0 Å². The lowest BCUT2D eigenvalue weighted by Crippen LogP contribution is -2.51. The lowest BCUT2D eigenvalue weighted by molar-refractivity contribution is -0.124. The molecule has 1 heterocycles. The van der Waals surface area contributed by atoms with Gasteiger partial charge in [-0.1, -0.05) is 13.3 Å². The number of ether oxygens (including phenoxy) is 1. The highest BCUT2D eigenvalue weighted by Crippen LogP contribution is 2.24. The Morgan fingerprint density at radius 3 is 2.94 bits per heavy atom. The van der Waals surface area contributed by atoms with E-state index in [1.807, 2.05) is 13.8 Å². The van der Waals surface area contributed by atoms with Crippen LogP contribution in [0.15, 0.2) is 0 Å². The first-order valence-electron chi connectivity index (χ1n) is 5.87. The highest BCUT2D eigenvalue weighted by Gasteiger charge is 2.39. The van der Waals surface area contributed by atoms with Gasteiger partial charge in [-0.05, 0) is 13.3 Å². The first-order valence-corrected chi connectivity index (χ1v) is 5.87. The van der Waals surface area contributed by atoms with Crippen LogP contribution < -0.4 is 11.1 Å². The van der Waals surface area contributed by atoms with E-state index in [2.05, 4.69) is 5.32 Å².